The first-order chi connectivity index (χ1) is 8.43. The van der Waals surface area contributed by atoms with Crippen LogP contribution in [0.1, 0.15) is 30.1 Å². The van der Waals surface area contributed by atoms with Gasteiger partial charge in [0.25, 0.3) is 5.91 Å². The van der Waals surface area contributed by atoms with Crippen LogP contribution in [0.15, 0.2) is 18.2 Å². The van der Waals surface area contributed by atoms with Gasteiger partial charge in [-0.1, -0.05) is 30.7 Å². The third-order valence-corrected chi connectivity index (χ3v) is 2.85. The monoisotopic (exact) mass is 288 g/mol. The van der Waals surface area contributed by atoms with Gasteiger partial charge < -0.3 is 11.1 Å². The van der Waals surface area contributed by atoms with E-state index in [2.05, 4.69) is 5.32 Å². The molecule has 1 aromatic carbocycles. The molecule has 0 aliphatic carbocycles. The average Bonchev–Trinajstić information content (AvgIpc) is 2.27. The molecule has 98 valence electrons. The predicted octanol–water partition coefficient (Wildman–Crippen LogP) is 2.66. The molecule has 3 nitrogen and oxygen atoms in total. The van der Waals surface area contributed by atoms with E-state index in [-0.39, 0.29) is 16.6 Å². The summed E-state index contributed by atoms with van der Waals surface area (Å²) in [5.41, 5.74) is 5.38. The number of thiocarbonyl (C=S) groups is 1. The molecule has 1 rings (SSSR count). The number of nitrogens with one attached hydrogen (secondary N) is 1. The fourth-order valence-electron chi connectivity index (χ4n) is 1.48. The van der Waals surface area contributed by atoms with Crippen LogP contribution >= 0.6 is 23.8 Å². The average molecular weight is 289 g/mol. The second kappa shape index (κ2) is 6.66. The van der Waals surface area contributed by atoms with E-state index in [4.69, 9.17) is 29.6 Å². The number of halogens is 2. The molecule has 0 aliphatic heterocycles. The van der Waals surface area contributed by atoms with Crippen LogP contribution < -0.4 is 11.1 Å². The van der Waals surface area contributed by atoms with E-state index in [1.807, 2.05) is 6.92 Å². The Labute approximate surface area is 115 Å². The Morgan fingerprint density at radius 3 is 2.78 bits per heavy atom. The van der Waals surface area contributed by atoms with E-state index in [0.29, 0.717) is 17.8 Å². The van der Waals surface area contributed by atoms with Crippen molar-refractivity contribution in [2.24, 2.45) is 5.73 Å². The van der Waals surface area contributed by atoms with E-state index < -0.39 is 11.7 Å². The van der Waals surface area contributed by atoms with Gasteiger partial charge in [0, 0.05) is 17.5 Å². The zero-order valence-corrected chi connectivity index (χ0v) is 11.4. The second-order valence-electron chi connectivity index (χ2n) is 3.87. The number of hydrogen-bond donors (Lipinski definition) is 2. The minimum absolute atomic E-state index is 0.0409. The van der Waals surface area contributed by atoms with E-state index >= 15 is 0 Å². The molecule has 18 heavy (non-hydrogen) atoms. The number of rotatable bonds is 5. The molecule has 0 spiro atoms. The number of amides is 1. The van der Waals surface area contributed by atoms with Gasteiger partial charge in [-0.2, -0.15) is 0 Å². The van der Waals surface area contributed by atoms with Crippen molar-refractivity contribution in [2.45, 2.75) is 25.8 Å². The van der Waals surface area contributed by atoms with E-state index in [9.17, 15) is 9.18 Å². The maximum Gasteiger partial charge on any atom is 0.254 e. The Hall–Kier alpha value is -1.20. The summed E-state index contributed by atoms with van der Waals surface area (Å²) in [6, 6.07) is 3.73. The molecular weight excluding hydrogens is 275 g/mol. The van der Waals surface area contributed by atoms with Crippen molar-refractivity contribution >= 4 is 34.7 Å². The highest BCUT2D eigenvalue weighted by Gasteiger charge is 2.16. The van der Waals surface area contributed by atoms with Crippen molar-refractivity contribution in [3.63, 3.8) is 0 Å². The molecule has 1 aromatic rings. The summed E-state index contributed by atoms with van der Waals surface area (Å²) >= 11 is 10.4. The van der Waals surface area contributed by atoms with Crippen molar-refractivity contribution < 1.29 is 9.18 Å². The fraction of sp³-hybridized carbons (Fsp3) is 0.333. The normalized spacial score (nSPS) is 11.9. The Balaban J connectivity index is 2.77. The number of carbonyl (C=O) groups is 1. The third kappa shape index (κ3) is 4.23. The standard InChI is InChI=1S/C12H14ClFN2OS/c1-2-8(6-11(15)18)16-12(17)9-4-3-7(13)5-10(9)14/h3-5,8H,2,6H2,1H3,(H2,15,18)(H,16,17). The van der Waals surface area contributed by atoms with E-state index in [1.54, 1.807) is 0 Å². The van der Waals surface area contributed by atoms with Gasteiger partial charge >= 0.3 is 0 Å². The van der Waals surface area contributed by atoms with Crippen molar-refractivity contribution in [3.8, 4) is 0 Å². The highest BCUT2D eigenvalue weighted by molar-refractivity contribution is 7.80. The van der Waals surface area contributed by atoms with Crippen LogP contribution in [0.5, 0.6) is 0 Å². The quantitative estimate of drug-likeness (QED) is 0.819. The molecule has 1 atom stereocenters. The Morgan fingerprint density at radius 2 is 2.28 bits per heavy atom. The molecule has 0 bridgehead atoms. The minimum atomic E-state index is -0.648. The molecule has 1 amide bonds. The van der Waals surface area contributed by atoms with Gasteiger partial charge in [0.1, 0.15) is 5.82 Å². The Bertz CT molecular complexity index is 467. The molecule has 3 N–H and O–H groups in total. The van der Waals surface area contributed by atoms with Gasteiger partial charge in [0.15, 0.2) is 0 Å². The zero-order chi connectivity index (χ0) is 13.7. The third-order valence-electron chi connectivity index (χ3n) is 2.45. The number of nitrogens with two attached hydrogens (primary N) is 1. The van der Waals surface area contributed by atoms with Crippen LogP contribution in [-0.2, 0) is 0 Å². The minimum Gasteiger partial charge on any atom is -0.393 e. The topological polar surface area (TPSA) is 55.1 Å². The Morgan fingerprint density at radius 1 is 1.61 bits per heavy atom. The van der Waals surface area contributed by atoms with Gasteiger partial charge in [-0.3, -0.25) is 4.79 Å². The van der Waals surface area contributed by atoms with Crippen LogP contribution in [-0.4, -0.2) is 16.9 Å². The summed E-state index contributed by atoms with van der Waals surface area (Å²) in [5.74, 6) is -1.14. The second-order valence-corrected chi connectivity index (χ2v) is 4.83. The van der Waals surface area contributed by atoms with E-state index in [1.165, 1.54) is 12.1 Å². The summed E-state index contributed by atoms with van der Waals surface area (Å²) in [7, 11) is 0. The molecule has 0 aliphatic rings. The molecular formula is C12H14ClFN2OS. The molecule has 1 unspecified atom stereocenters. The lowest BCUT2D eigenvalue weighted by Gasteiger charge is -2.16. The van der Waals surface area contributed by atoms with Crippen LogP contribution in [0.25, 0.3) is 0 Å². The maximum atomic E-state index is 13.5. The van der Waals surface area contributed by atoms with Crippen molar-refractivity contribution in [2.75, 3.05) is 0 Å². The summed E-state index contributed by atoms with van der Waals surface area (Å²) in [5, 5.41) is 2.93. The first-order valence-corrected chi connectivity index (χ1v) is 6.26. The van der Waals surface area contributed by atoms with Crippen LogP contribution in [0.4, 0.5) is 4.39 Å². The highest BCUT2D eigenvalue weighted by atomic mass is 35.5. The first kappa shape index (κ1) is 14.9. The lowest BCUT2D eigenvalue weighted by atomic mass is 10.1. The van der Waals surface area contributed by atoms with Gasteiger partial charge in [-0.25, -0.2) is 4.39 Å². The van der Waals surface area contributed by atoms with Crippen molar-refractivity contribution in [3.05, 3.63) is 34.6 Å². The fourth-order valence-corrected chi connectivity index (χ4v) is 1.84. The largest absolute Gasteiger partial charge is 0.393 e. The van der Waals surface area contributed by atoms with Crippen LogP contribution in [0.3, 0.4) is 0 Å². The zero-order valence-electron chi connectivity index (χ0n) is 9.87. The number of benzene rings is 1. The first-order valence-electron chi connectivity index (χ1n) is 5.48. The van der Waals surface area contributed by atoms with Gasteiger partial charge in [-0.15, -0.1) is 0 Å². The lowest BCUT2D eigenvalue weighted by molar-refractivity contribution is 0.0933. The molecule has 0 radical (unpaired) electrons. The molecule has 0 heterocycles. The Kier molecular flexibility index (Phi) is 5.50. The SMILES string of the molecule is CCC(CC(N)=S)NC(=O)c1ccc(Cl)cc1F. The van der Waals surface area contributed by atoms with Crippen molar-refractivity contribution in [1.29, 1.82) is 0 Å². The van der Waals surface area contributed by atoms with Gasteiger partial charge in [-0.05, 0) is 24.6 Å². The summed E-state index contributed by atoms with van der Waals surface area (Å²) in [6.07, 6.45) is 1.06. The lowest BCUT2D eigenvalue weighted by Crippen LogP contribution is -2.37. The number of carbonyl (C=O) groups excluding carboxylic acids is 1. The van der Waals surface area contributed by atoms with E-state index in [0.717, 1.165) is 6.07 Å². The predicted molar refractivity (Wildman–Crippen MR) is 74.4 cm³/mol. The van der Waals surface area contributed by atoms with Gasteiger partial charge in [0.05, 0.1) is 10.6 Å². The van der Waals surface area contributed by atoms with Crippen molar-refractivity contribution in [1.82, 2.24) is 5.32 Å². The number of hydrogen-bond acceptors (Lipinski definition) is 2. The maximum absolute atomic E-state index is 13.5. The summed E-state index contributed by atoms with van der Waals surface area (Å²) in [4.78, 5) is 12.2. The summed E-state index contributed by atoms with van der Waals surface area (Å²) < 4.78 is 13.5. The molecule has 0 saturated carbocycles. The van der Waals surface area contributed by atoms with Crippen LogP contribution in [0.2, 0.25) is 5.02 Å². The van der Waals surface area contributed by atoms with Gasteiger partial charge in [0.2, 0.25) is 0 Å². The van der Waals surface area contributed by atoms with Crippen LogP contribution in [0, 0.1) is 5.82 Å². The molecule has 0 saturated heterocycles. The summed E-state index contributed by atoms with van der Waals surface area (Å²) in [6.45, 7) is 1.89. The molecule has 0 aromatic heterocycles. The highest BCUT2D eigenvalue weighted by Crippen LogP contribution is 2.15. The molecule has 0 fully saturated rings. The molecule has 6 heteroatoms. The smallest absolute Gasteiger partial charge is 0.254 e.